The molecule has 0 aromatic carbocycles. The number of carboxylic acid groups (broad SMARTS) is 2. The largest absolute Gasteiger partial charge is 0.481 e. The van der Waals surface area contributed by atoms with Gasteiger partial charge in [0.25, 0.3) is 0 Å². The molecule has 5 heteroatoms. The van der Waals surface area contributed by atoms with E-state index in [4.69, 9.17) is 0 Å². The quantitative estimate of drug-likeness (QED) is 0.633. The van der Waals surface area contributed by atoms with E-state index in [2.05, 4.69) is 19.2 Å². The van der Waals surface area contributed by atoms with Crippen LogP contribution in [0.1, 0.15) is 66.2 Å². The maximum Gasteiger partial charge on any atom is 0.307 e. The average Bonchev–Trinajstić information content (AvgIpc) is 2.48. The van der Waals surface area contributed by atoms with Gasteiger partial charge in [-0.25, -0.2) is 0 Å². The second kappa shape index (κ2) is 12.3. The fourth-order valence-corrected chi connectivity index (χ4v) is 3.35. The van der Waals surface area contributed by atoms with Crippen molar-refractivity contribution in [2.75, 3.05) is 13.1 Å². The van der Waals surface area contributed by atoms with Crippen LogP contribution in [0, 0.1) is 23.7 Å². The summed E-state index contributed by atoms with van der Waals surface area (Å²) in [4.78, 5) is 22.8. The van der Waals surface area contributed by atoms with E-state index < -0.39 is 23.8 Å². The summed E-state index contributed by atoms with van der Waals surface area (Å²) >= 11 is 0. The van der Waals surface area contributed by atoms with Gasteiger partial charge >= 0.3 is 11.9 Å². The Balaban J connectivity index is 0.000000841. The third-order valence-corrected chi connectivity index (χ3v) is 4.42. The van der Waals surface area contributed by atoms with Crippen molar-refractivity contribution in [1.29, 1.82) is 0 Å². The Kier molecular flexibility index (Phi) is 11.7. The molecule has 3 N–H and O–H groups in total. The highest BCUT2D eigenvalue weighted by Crippen LogP contribution is 2.36. The summed E-state index contributed by atoms with van der Waals surface area (Å²) in [6.45, 7) is 10.3. The Morgan fingerprint density at radius 1 is 1.00 bits per heavy atom. The number of aliphatic carboxylic acids is 2. The first kappa shape index (κ1) is 21.9. The van der Waals surface area contributed by atoms with Crippen LogP contribution < -0.4 is 5.32 Å². The highest BCUT2D eigenvalue weighted by atomic mass is 16.4. The van der Waals surface area contributed by atoms with Crippen LogP contribution in [-0.4, -0.2) is 35.2 Å². The Morgan fingerprint density at radius 3 is 1.83 bits per heavy atom. The zero-order chi connectivity index (χ0) is 17.8. The zero-order valence-electron chi connectivity index (χ0n) is 15.2. The molecular formula is C18H35NO4. The van der Waals surface area contributed by atoms with E-state index in [1.54, 1.807) is 0 Å². The van der Waals surface area contributed by atoms with Crippen LogP contribution in [0.25, 0.3) is 0 Å². The van der Waals surface area contributed by atoms with Crippen molar-refractivity contribution in [3.63, 3.8) is 0 Å². The van der Waals surface area contributed by atoms with Gasteiger partial charge in [0.05, 0.1) is 11.8 Å². The van der Waals surface area contributed by atoms with Crippen LogP contribution in [0.15, 0.2) is 0 Å². The van der Waals surface area contributed by atoms with Gasteiger partial charge in [-0.2, -0.15) is 0 Å². The summed E-state index contributed by atoms with van der Waals surface area (Å²) in [6, 6.07) is 0. The van der Waals surface area contributed by atoms with Gasteiger partial charge in [0.2, 0.25) is 0 Å². The Hall–Kier alpha value is -1.10. The van der Waals surface area contributed by atoms with Gasteiger partial charge in [0.1, 0.15) is 0 Å². The molecule has 0 amide bonds. The molecule has 0 spiro atoms. The van der Waals surface area contributed by atoms with Crippen molar-refractivity contribution in [3.8, 4) is 0 Å². The van der Waals surface area contributed by atoms with E-state index >= 15 is 0 Å². The molecule has 0 aromatic rings. The van der Waals surface area contributed by atoms with E-state index in [1.165, 1.54) is 0 Å². The third kappa shape index (κ3) is 8.94. The Bertz CT molecular complexity index is 336. The van der Waals surface area contributed by atoms with Gasteiger partial charge in [-0.3, -0.25) is 9.59 Å². The molecule has 0 aromatic heterocycles. The first-order valence-electron chi connectivity index (χ1n) is 9.01. The molecule has 1 rings (SSSR count). The smallest absolute Gasteiger partial charge is 0.307 e. The lowest BCUT2D eigenvalue weighted by molar-refractivity contribution is -0.157. The lowest BCUT2D eigenvalue weighted by Gasteiger charge is -2.31. The molecule has 0 bridgehead atoms. The predicted molar refractivity (Wildman–Crippen MR) is 92.5 cm³/mol. The number of hydrogen-bond acceptors (Lipinski definition) is 3. The summed E-state index contributed by atoms with van der Waals surface area (Å²) < 4.78 is 0. The molecule has 0 saturated heterocycles. The standard InChI is InChI=1S/C14H24O4.C4H11N/c1-9(2)8-11(13(15)16)12(14(17)18)10-6-4-3-5-7-10;1-3-5-4-2/h9-12H,3-8H2,1-2H3,(H,15,16)(H,17,18);5H,3-4H2,1-2H3. The lowest BCUT2D eigenvalue weighted by Crippen LogP contribution is -2.37. The second-order valence-corrected chi connectivity index (χ2v) is 6.79. The molecule has 1 saturated carbocycles. The molecule has 0 heterocycles. The van der Waals surface area contributed by atoms with Crippen LogP contribution in [0.4, 0.5) is 0 Å². The second-order valence-electron chi connectivity index (χ2n) is 6.79. The van der Waals surface area contributed by atoms with Gasteiger partial charge in [-0.05, 0) is 44.2 Å². The Labute approximate surface area is 140 Å². The average molecular weight is 329 g/mol. The molecule has 2 atom stereocenters. The number of carboxylic acids is 2. The lowest BCUT2D eigenvalue weighted by atomic mass is 9.72. The normalized spacial score (nSPS) is 18.0. The topological polar surface area (TPSA) is 86.6 Å². The van der Waals surface area contributed by atoms with Crippen LogP contribution >= 0.6 is 0 Å². The summed E-state index contributed by atoms with van der Waals surface area (Å²) in [5, 5.41) is 21.8. The molecule has 0 aliphatic heterocycles. The molecule has 1 aliphatic rings. The number of carbonyl (C=O) groups is 2. The number of nitrogens with one attached hydrogen (secondary N) is 1. The van der Waals surface area contributed by atoms with Crippen molar-refractivity contribution in [2.45, 2.75) is 66.2 Å². The summed E-state index contributed by atoms with van der Waals surface area (Å²) in [5.41, 5.74) is 0. The predicted octanol–water partition coefficient (Wildman–Crippen LogP) is 3.63. The minimum Gasteiger partial charge on any atom is -0.481 e. The molecule has 136 valence electrons. The van der Waals surface area contributed by atoms with Crippen LogP contribution in [0.2, 0.25) is 0 Å². The number of rotatable bonds is 8. The number of hydrogen-bond donors (Lipinski definition) is 3. The van der Waals surface area contributed by atoms with E-state index in [0.717, 1.165) is 45.2 Å². The molecule has 2 unspecified atom stereocenters. The third-order valence-electron chi connectivity index (χ3n) is 4.42. The van der Waals surface area contributed by atoms with E-state index in [9.17, 15) is 19.8 Å². The fraction of sp³-hybridized carbons (Fsp3) is 0.889. The van der Waals surface area contributed by atoms with Gasteiger partial charge in [-0.15, -0.1) is 0 Å². The van der Waals surface area contributed by atoms with E-state index in [1.807, 2.05) is 13.8 Å². The summed E-state index contributed by atoms with van der Waals surface area (Å²) in [7, 11) is 0. The highest BCUT2D eigenvalue weighted by molar-refractivity contribution is 5.80. The summed E-state index contributed by atoms with van der Waals surface area (Å²) in [6.07, 6.45) is 5.37. The minimum absolute atomic E-state index is 0.0381. The van der Waals surface area contributed by atoms with Crippen molar-refractivity contribution in [1.82, 2.24) is 5.32 Å². The van der Waals surface area contributed by atoms with E-state index in [0.29, 0.717) is 6.42 Å². The van der Waals surface area contributed by atoms with Gasteiger partial charge in [0.15, 0.2) is 0 Å². The molecular weight excluding hydrogens is 294 g/mol. The minimum atomic E-state index is -0.957. The fourth-order valence-electron chi connectivity index (χ4n) is 3.35. The SMILES string of the molecule is CC(C)CC(C(=O)O)C(C(=O)O)C1CCCCC1.CCNCC. The molecule has 1 aliphatic carbocycles. The van der Waals surface area contributed by atoms with Crippen molar-refractivity contribution in [2.24, 2.45) is 23.7 Å². The monoisotopic (exact) mass is 329 g/mol. The van der Waals surface area contributed by atoms with Crippen molar-refractivity contribution >= 4 is 11.9 Å². The maximum atomic E-state index is 11.5. The molecule has 1 fully saturated rings. The van der Waals surface area contributed by atoms with Crippen LogP contribution in [0.5, 0.6) is 0 Å². The first-order chi connectivity index (χ1) is 10.8. The van der Waals surface area contributed by atoms with Gasteiger partial charge in [-0.1, -0.05) is 47.0 Å². The van der Waals surface area contributed by atoms with Gasteiger partial charge in [0, 0.05) is 0 Å². The summed E-state index contributed by atoms with van der Waals surface area (Å²) in [5.74, 6) is -3.11. The Morgan fingerprint density at radius 2 is 1.52 bits per heavy atom. The first-order valence-corrected chi connectivity index (χ1v) is 9.01. The molecule has 5 nitrogen and oxygen atoms in total. The van der Waals surface area contributed by atoms with Crippen LogP contribution in [-0.2, 0) is 9.59 Å². The van der Waals surface area contributed by atoms with Crippen molar-refractivity contribution < 1.29 is 19.8 Å². The van der Waals surface area contributed by atoms with Gasteiger partial charge < -0.3 is 15.5 Å². The zero-order valence-corrected chi connectivity index (χ0v) is 15.2. The highest BCUT2D eigenvalue weighted by Gasteiger charge is 2.39. The maximum absolute atomic E-state index is 11.5. The van der Waals surface area contributed by atoms with Crippen LogP contribution in [0.3, 0.4) is 0 Å². The molecule has 0 radical (unpaired) electrons. The molecule has 23 heavy (non-hydrogen) atoms. The van der Waals surface area contributed by atoms with E-state index in [-0.39, 0.29) is 11.8 Å². The van der Waals surface area contributed by atoms with Crippen molar-refractivity contribution in [3.05, 3.63) is 0 Å².